The fourth-order valence-electron chi connectivity index (χ4n) is 1.92. The van der Waals surface area contributed by atoms with E-state index in [0.717, 1.165) is 38.5 Å². The molecule has 0 aromatic rings. The molecule has 0 radical (unpaired) electrons. The topological polar surface area (TPSA) is 66.8 Å². The second-order valence-corrected chi connectivity index (χ2v) is 5.22. The van der Waals surface area contributed by atoms with Crippen molar-refractivity contribution in [3.05, 3.63) is 12.2 Å². The summed E-state index contributed by atoms with van der Waals surface area (Å²) in [6, 6.07) is 0. The van der Waals surface area contributed by atoms with E-state index in [1.807, 2.05) is 0 Å². The molecule has 4 heteroatoms. The highest BCUT2D eigenvalue weighted by molar-refractivity contribution is 5.86. The molecule has 112 valence electrons. The highest BCUT2D eigenvalue weighted by Crippen LogP contribution is 2.27. The molecule has 0 aliphatic heterocycles. The Hall–Kier alpha value is -0.870. The second-order valence-electron chi connectivity index (χ2n) is 5.22. The Morgan fingerprint density at radius 1 is 1.21 bits per heavy atom. The summed E-state index contributed by atoms with van der Waals surface area (Å²) >= 11 is 0. The molecule has 0 spiro atoms. The monoisotopic (exact) mass is 272 g/mol. The maximum atomic E-state index is 11.3. The minimum absolute atomic E-state index is 0.259. The zero-order valence-corrected chi connectivity index (χ0v) is 12.4. The van der Waals surface area contributed by atoms with Gasteiger partial charge >= 0.3 is 5.97 Å². The molecule has 0 unspecified atom stereocenters. The van der Waals surface area contributed by atoms with Gasteiger partial charge in [0.1, 0.15) is 6.61 Å². The molecule has 0 aliphatic carbocycles. The molecule has 0 saturated carbocycles. The van der Waals surface area contributed by atoms with Crippen LogP contribution in [0.4, 0.5) is 0 Å². The van der Waals surface area contributed by atoms with Gasteiger partial charge in [0.15, 0.2) is 0 Å². The van der Waals surface area contributed by atoms with Crippen LogP contribution in [-0.4, -0.2) is 28.6 Å². The number of esters is 1. The number of hydrogen-bond donors (Lipinski definition) is 2. The first-order valence-corrected chi connectivity index (χ1v) is 7.12. The molecule has 19 heavy (non-hydrogen) atoms. The van der Waals surface area contributed by atoms with Crippen LogP contribution in [-0.2, 0) is 9.53 Å². The maximum Gasteiger partial charge on any atom is 0.333 e. The van der Waals surface area contributed by atoms with E-state index in [2.05, 4.69) is 20.4 Å². The molecule has 4 nitrogen and oxygen atoms in total. The first-order valence-electron chi connectivity index (χ1n) is 7.12. The van der Waals surface area contributed by atoms with Crippen LogP contribution < -0.4 is 0 Å². The van der Waals surface area contributed by atoms with E-state index in [1.165, 1.54) is 6.92 Å². The van der Waals surface area contributed by atoms with Gasteiger partial charge in [-0.3, -0.25) is 0 Å². The lowest BCUT2D eigenvalue weighted by Gasteiger charge is -2.31. The molecule has 0 aromatic carbocycles. The zero-order valence-electron chi connectivity index (χ0n) is 12.4. The van der Waals surface area contributed by atoms with Crippen molar-refractivity contribution < 1.29 is 19.7 Å². The summed E-state index contributed by atoms with van der Waals surface area (Å²) in [5.41, 5.74) is 0.259. The second kappa shape index (κ2) is 9.10. The molecule has 0 amide bonds. The van der Waals surface area contributed by atoms with Crippen molar-refractivity contribution >= 4 is 5.97 Å². The van der Waals surface area contributed by atoms with E-state index < -0.39 is 18.4 Å². The molecule has 0 atom stereocenters. The van der Waals surface area contributed by atoms with Gasteiger partial charge in [0.2, 0.25) is 5.79 Å². The third kappa shape index (κ3) is 7.33. The Morgan fingerprint density at radius 3 is 2.05 bits per heavy atom. The Balaban J connectivity index is 4.47. The van der Waals surface area contributed by atoms with E-state index in [-0.39, 0.29) is 11.5 Å². The molecule has 0 saturated heterocycles. The van der Waals surface area contributed by atoms with Gasteiger partial charge in [0.25, 0.3) is 0 Å². The largest absolute Gasteiger partial charge is 0.457 e. The first-order chi connectivity index (χ1) is 8.85. The minimum Gasteiger partial charge on any atom is -0.457 e. The van der Waals surface area contributed by atoms with Gasteiger partial charge in [-0.1, -0.05) is 46.1 Å². The molecule has 0 heterocycles. The third-order valence-corrected chi connectivity index (χ3v) is 3.23. The molecule has 0 rings (SSSR count). The molecule has 0 fully saturated rings. The molecule has 2 N–H and O–H groups in total. The third-order valence-electron chi connectivity index (χ3n) is 3.23. The van der Waals surface area contributed by atoms with E-state index >= 15 is 0 Å². The number of carbonyl (C=O) groups is 1. The number of carbonyl (C=O) groups excluding carboxylic acids is 1. The number of rotatable bonds is 10. The average molecular weight is 272 g/mol. The molecule has 0 aliphatic rings. The van der Waals surface area contributed by atoms with Crippen molar-refractivity contribution in [2.75, 3.05) is 6.61 Å². The van der Waals surface area contributed by atoms with Crippen molar-refractivity contribution in [1.29, 1.82) is 0 Å². The van der Waals surface area contributed by atoms with E-state index in [1.54, 1.807) is 0 Å². The van der Waals surface area contributed by atoms with Crippen LogP contribution in [0, 0.1) is 5.92 Å². The first kappa shape index (κ1) is 18.1. The van der Waals surface area contributed by atoms with Crippen LogP contribution in [0.25, 0.3) is 0 Å². The van der Waals surface area contributed by atoms with Crippen LogP contribution in [0.5, 0.6) is 0 Å². The van der Waals surface area contributed by atoms with Gasteiger partial charge in [-0.15, -0.1) is 0 Å². The number of hydrogen-bond acceptors (Lipinski definition) is 4. The number of unbranched alkanes of at least 4 members (excludes halogenated alkanes) is 2. The smallest absolute Gasteiger partial charge is 0.333 e. The summed E-state index contributed by atoms with van der Waals surface area (Å²) in [6.07, 6.45) is 5.34. The van der Waals surface area contributed by atoms with Crippen molar-refractivity contribution in [3.8, 4) is 0 Å². The van der Waals surface area contributed by atoms with Crippen molar-refractivity contribution in [2.24, 2.45) is 5.92 Å². The van der Waals surface area contributed by atoms with Crippen molar-refractivity contribution in [2.45, 2.75) is 65.1 Å². The van der Waals surface area contributed by atoms with E-state index in [4.69, 9.17) is 4.74 Å². The van der Waals surface area contributed by atoms with Gasteiger partial charge in [0.05, 0.1) is 0 Å². The zero-order chi connectivity index (χ0) is 14.9. The number of ether oxygens (including phenoxy) is 1. The van der Waals surface area contributed by atoms with Crippen LogP contribution >= 0.6 is 0 Å². The van der Waals surface area contributed by atoms with E-state index in [9.17, 15) is 15.0 Å². The Kier molecular flexibility index (Phi) is 8.68. The summed E-state index contributed by atoms with van der Waals surface area (Å²) in [5.74, 6) is -2.79. The minimum atomic E-state index is -1.95. The lowest BCUT2D eigenvalue weighted by Crippen LogP contribution is -2.43. The summed E-state index contributed by atoms with van der Waals surface area (Å²) in [6.45, 7) is 8.73. The molecule has 0 aromatic heterocycles. The molecule has 0 bridgehead atoms. The predicted molar refractivity (Wildman–Crippen MR) is 75.5 cm³/mol. The molecular formula is C15H28O4. The van der Waals surface area contributed by atoms with Crippen LogP contribution in [0.3, 0.4) is 0 Å². The Morgan fingerprint density at radius 2 is 1.68 bits per heavy atom. The lowest BCUT2D eigenvalue weighted by atomic mass is 9.88. The van der Waals surface area contributed by atoms with Crippen LogP contribution in [0.1, 0.15) is 59.3 Å². The van der Waals surface area contributed by atoms with Gasteiger partial charge in [-0.25, -0.2) is 4.79 Å². The van der Waals surface area contributed by atoms with Crippen molar-refractivity contribution in [3.63, 3.8) is 0 Å². The Labute approximate surface area is 116 Å². The van der Waals surface area contributed by atoms with E-state index in [0.29, 0.717) is 0 Å². The van der Waals surface area contributed by atoms with Crippen LogP contribution in [0.2, 0.25) is 0 Å². The Bertz CT molecular complexity index is 276. The SMILES string of the molecule is C=C(C)C(=O)OCC(O)(O)C(CCCC)CCCC. The number of aliphatic hydroxyl groups is 2. The van der Waals surface area contributed by atoms with Crippen LogP contribution in [0.15, 0.2) is 12.2 Å². The lowest BCUT2D eigenvalue weighted by molar-refractivity contribution is -0.232. The van der Waals surface area contributed by atoms with Gasteiger partial charge in [-0.05, 0) is 19.8 Å². The average Bonchev–Trinajstić information content (AvgIpc) is 2.35. The fraction of sp³-hybridized carbons (Fsp3) is 0.800. The normalized spacial score (nSPS) is 11.7. The standard InChI is InChI=1S/C15H28O4/c1-5-7-9-13(10-8-6-2)15(17,18)11-19-14(16)12(3)4/h13,17-18H,3,5-11H2,1-2,4H3. The fourth-order valence-corrected chi connectivity index (χ4v) is 1.92. The summed E-state index contributed by atoms with van der Waals surface area (Å²) < 4.78 is 4.87. The summed E-state index contributed by atoms with van der Waals surface area (Å²) in [4.78, 5) is 11.3. The quantitative estimate of drug-likeness (QED) is 0.364. The van der Waals surface area contributed by atoms with Gasteiger partial charge < -0.3 is 14.9 Å². The van der Waals surface area contributed by atoms with Gasteiger partial charge in [-0.2, -0.15) is 0 Å². The summed E-state index contributed by atoms with van der Waals surface area (Å²) in [5, 5.41) is 20.2. The van der Waals surface area contributed by atoms with Gasteiger partial charge in [0, 0.05) is 11.5 Å². The molecular weight excluding hydrogens is 244 g/mol. The maximum absolute atomic E-state index is 11.3. The van der Waals surface area contributed by atoms with Crippen molar-refractivity contribution in [1.82, 2.24) is 0 Å². The highest BCUT2D eigenvalue weighted by atomic mass is 16.6. The summed E-state index contributed by atoms with van der Waals surface area (Å²) in [7, 11) is 0. The highest BCUT2D eigenvalue weighted by Gasteiger charge is 2.35. The predicted octanol–water partition coefficient (Wildman–Crippen LogP) is 2.78.